The molecule has 2 atom stereocenters. The lowest BCUT2D eigenvalue weighted by atomic mass is 10.1. The molecule has 0 aliphatic carbocycles. The lowest BCUT2D eigenvalue weighted by Crippen LogP contribution is -2.55. The Morgan fingerprint density at radius 3 is 1.66 bits per heavy atom. The molecule has 0 saturated heterocycles. The molecule has 0 rings (SSSR count). The fraction of sp³-hybridized carbons (Fsp3) is 0.786. The molecule has 8 heteroatoms. The molecule has 0 aliphatic heterocycles. The standard InChI is InChI=1S/C42H75NO7/c1-6-8-10-12-14-16-18-19-20-21-22-23-25-27-29-31-33-41(45)50-38(36-48-35-34-39(42(46)47)43(3,4)5)37-49-40(44)32-30-28-26-24-17-15-13-11-9-7-2/h8,10,14,16,19-20,38-39H,6-7,9,11-13,15,17-18,21-37H2,1-5H3/b10-8+,16-14+,20-19+. The van der Waals surface area contributed by atoms with Gasteiger partial charge in [0, 0.05) is 19.3 Å². The lowest BCUT2D eigenvalue weighted by Gasteiger charge is -2.34. The molecule has 0 radical (unpaired) electrons. The fourth-order valence-corrected chi connectivity index (χ4v) is 5.67. The molecule has 0 aromatic heterocycles. The fourth-order valence-electron chi connectivity index (χ4n) is 5.67. The molecular weight excluding hydrogens is 630 g/mol. The van der Waals surface area contributed by atoms with Gasteiger partial charge in [-0.05, 0) is 44.9 Å². The van der Waals surface area contributed by atoms with Crippen LogP contribution in [0.5, 0.6) is 0 Å². The number of nitrogens with zero attached hydrogens (tertiary/aromatic N) is 1. The summed E-state index contributed by atoms with van der Waals surface area (Å²) >= 11 is 0. The van der Waals surface area contributed by atoms with Crippen LogP contribution in [0, 0.1) is 0 Å². The first-order valence-corrected chi connectivity index (χ1v) is 20.0. The molecule has 0 amide bonds. The number of carbonyl (C=O) groups is 3. The molecule has 0 bridgehead atoms. The highest BCUT2D eigenvalue weighted by atomic mass is 16.6. The van der Waals surface area contributed by atoms with E-state index in [0.717, 1.165) is 70.6 Å². The van der Waals surface area contributed by atoms with Gasteiger partial charge in [0.15, 0.2) is 6.10 Å². The Morgan fingerprint density at radius 1 is 0.620 bits per heavy atom. The molecule has 0 aromatic carbocycles. The highest BCUT2D eigenvalue weighted by Crippen LogP contribution is 2.14. The SMILES string of the molecule is CC/C=C/C/C=C/C/C=C/CCCCCCCCC(=O)OC(COCCC(C(=O)[O-])[N+](C)(C)C)COC(=O)CCCCCCCCCCCC. The van der Waals surface area contributed by atoms with Crippen LogP contribution in [-0.2, 0) is 28.6 Å². The number of carbonyl (C=O) groups excluding carboxylic acids is 3. The number of aliphatic carboxylic acids is 1. The number of rotatable bonds is 35. The molecule has 0 N–H and O–H groups in total. The molecule has 50 heavy (non-hydrogen) atoms. The van der Waals surface area contributed by atoms with Gasteiger partial charge in [0.2, 0.25) is 0 Å². The van der Waals surface area contributed by atoms with Crippen molar-refractivity contribution in [3.05, 3.63) is 36.5 Å². The number of hydrogen-bond donors (Lipinski definition) is 0. The third kappa shape index (κ3) is 31.5. The maximum atomic E-state index is 12.7. The smallest absolute Gasteiger partial charge is 0.306 e. The summed E-state index contributed by atoms with van der Waals surface area (Å²) in [6, 6.07) is -0.725. The van der Waals surface area contributed by atoms with Gasteiger partial charge < -0.3 is 28.6 Å². The molecule has 0 aromatic rings. The van der Waals surface area contributed by atoms with E-state index in [1.165, 1.54) is 57.8 Å². The summed E-state index contributed by atoms with van der Waals surface area (Å²) in [5, 5.41) is 11.6. The second kappa shape index (κ2) is 33.7. The van der Waals surface area contributed by atoms with Crippen molar-refractivity contribution in [1.82, 2.24) is 0 Å². The van der Waals surface area contributed by atoms with Gasteiger partial charge in [0.1, 0.15) is 12.6 Å². The Labute approximate surface area is 306 Å². The summed E-state index contributed by atoms with van der Waals surface area (Å²) in [7, 11) is 5.39. The van der Waals surface area contributed by atoms with Crippen LogP contribution in [-0.4, -0.2) is 75.5 Å². The predicted octanol–water partition coefficient (Wildman–Crippen LogP) is 8.96. The first-order valence-electron chi connectivity index (χ1n) is 20.0. The number of unbranched alkanes of at least 4 members (excludes halogenated alkanes) is 15. The van der Waals surface area contributed by atoms with Crippen molar-refractivity contribution in [3.8, 4) is 0 Å². The van der Waals surface area contributed by atoms with Crippen molar-refractivity contribution in [2.24, 2.45) is 0 Å². The molecule has 0 spiro atoms. The average molecular weight is 706 g/mol. The third-order valence-corrected chi connectivity index (χ3v) is 8.79. The Morgan fingerprint density at radius 2 is 1.12 bits per heavy atom. The second-order valence-corrected chi connectivity index (χ2v) is 14.5. The quantitative estimate of drug-likeness (QED) is 0.0281. The predicted molar refractivity (Wildman–Crippen MR) is 203 cm³/mol. The summed E-state index contributed by atoms with van der Waals surface area (Å²) in [5.74, 6) is -1.75. The summed E-state index contributed by atoms with van der Waals surface area (Å²) in [4.78, 5) is 36.7. The van der Waals surface area contributed by atoms with E-state index in [4.69, 9.17) is 14.2 Å². The molecule has 2 unspecified atom stereocenters. The summed E-state index contributed by atoms with van der Waals surface area (Å²) < 4.78 is 17.1. The highest BCUT2D eigenvalue weighted by Gasteiger charge is 2.25. The van der Waals surface area contributed by atoms with E-state index >= 15 is 0 Å². The van der Waals surface area contributed by atoms with Gasteiger partial charge in [0.25, 0.3) is 0 Å². The van der Waals surface area contributed by atoms with Gasteiger partial charge in [-0.25, -0.2) is 0 Å². The van der Waals surface area contributed by atoms with Crippen LogP contribution in [0.1, 0.15) is 162 Å². The van der Waals surface area contributed by atoms with Crippen molar-refractivity contribution in [3.63, 3.8) is 0 Å². The summed E-state index contributed by atoms with van der Waals surface area (Å²) in [6.07, 6.45) is 35.9. The molecular formula is C42H75NO7. The van der Waals surface area contributed by atoms with E-state index < -0.39 is 18.1 Å². The van der Waals surface area contributed by atoms with Gasteiger partial charge >= 0.3 is 11.9 Å². The Kier molecular flexibility index (Phi) is 32.0. The lowest BCUT2D eigenvalue weighted by molar-refractivity contribution is -0.889. The molecule has 290 valence electrons. The first-order chi connectivity index (χ1) is 24.1. The van der Waals surface area contributed by atoms with E-state index in [0.29, 0.717) is 12.8 Å². The molecule has 0 aliphatic rings. The minimum absolute atomic E-state index is 0.0369. The Balaban J connectivity index is 4.40. The largest absolute Gasteiger partial charge is 0.544 e. The van der Waals surface area contributed by atoms with Gasteiger partial charge in [-0.2, -0.15) is 0 Å². The number of hydrogen-bond acceptors (Lipinski definition) is 7. The van der Waals surface area contributed by atoms with E-state index in [-0.39, 0.29) is 42.7 Å². The Bertz CT molecular complexity index is 922. The van der Waals surface area contributed by atoms with E-state index in [1.807, 2.05) is 0 Å². The summed E-state index contributed by atoms with van der Waals surface area (Å²) in [6.45, 7) is 4.51. The van der Waals surface area contributed by atoms with E-state index in [1.54, 1.807) is 21.1 Å². The number of quaternary nitrogens is 1. The molecule has 0 fully saturated rings. The highest BCUT2D eigenvalue weighted by molar-refractivity contribution is 5.70. The van der Waals surface area contributed by atoms with Crippen molar-refractivity contribution in [1.29, 1.82) is 0 Å². The van der Waals surface area contributed by atoms with Crippen LogP contribution in [0.3, 0.4) is 0 Å². The average Bonchev–Trinajstić information content (AvgIpc) is 3.06. The first kappa shape index (κ1) is 47.5. The van der Waals surface area contributed by atoms with Gasteiger partial charge in [-0.1, -0.05) is 134 Å². The van der Waals surface area contributed by atoms with Crippen LogP contribution < -0.4 is 5.11 Å². The molecule has 8 nitrogen and oxygen atoms in total. The monoisotopic (exact) mass is 706 g/mol. The van der Waals surface area contributed by atoms with Crippen LogP contribution in [0.25, 0.3) is 0 Å². The zero-order chi connectivity index (χ0) is 37.1. The Hall–Kier alpha value is -2.45. The number of esters is 2. The maximum Gasteiger partial charge on any atom is 0.306 e. The number of ether oxygens (including phenoxy) is 3. The number of carboxylic acids is 1. The topological polar surface area (TPSA) is 102 Å². The van der Waals surface area contributed by atoms with Crippen molar-refractivity contribution in [2.75, 3.05) is 41.0 Å². The summed E-state index contributed by atoms with van der Waals surface area (Å²) in [5.41, 5.74) is 0. The third-order valence-electron chi connectivity index (χ3n) is 8.79. The number of likely N-dealkylation sites (N-methyl/N-ethyl adjacent to an activating group) is 1. The van der Waals surface area contributed by atoms with Crippen LogP contribution in [0.15, 0.2) is 36.5 Å². The zero-order valence-corrected chi connectivity index (χ0v) is 32.8. The second-order valence-electron chi connectivity index (χ2n) is 14.5. The van der Waals surface area contributed by atoms with Crippen LogP contribution >= 0.6 is 0 Å². The van der Waals surface area contributed by atoms with E-state index in [9.17, 15) is 19.5 Å². The van der Waals surface area contributed by atoms with Crippen molar-refractivity contribution < 1.29 is 38.2 Å². The number of carboxylic acid groups (broad SMARTS) is 1. The number of allylic oxidation sites excluding steroid dienone is 6. The van der Waals surface area contributed by atoms with E-state index in [2.05, 4.69) is 50.3 Å². The van der Waals surface area contributed by atoms with Crippen molar-refractivity contribution >= 4 is 17.9 Å². The van der Waals surface area contributed by atoms with Gasteiger partial charge in [-0.3, -0.25) is 9.59 Å². The minimum Gasteiger partial charge on any atom is -0.544 e. The maximum absolute atomic E-state index is 12.7. The minimum atomic E-state index is -1.13. The van der Waals surface area contributed by atoms with Crippen molar-refractivity contribution in [2.45, 2.75) is 174 Å². The van der Waals surface area contributed by atoms with Crippen LogP contribution in [0.4, 0.5) is 0 Å². The van der Waals surface area contributed by atoms with Gasteiger partial charge in [0.05, 0.1) is 40.3 Å². The van der Waals surface area contributed by atoms with Crippen LogP contribution in [0.2, 0.25) is 0 Å². The zero-order valence-electron chi connectivity index (χ0n) is 32.8. The molecule has 0 heterocycles. The normalized spacial score (nSPS) is 13.4. The molecule has 0 saturated carbocycles. The van der Waals surface area contributed by atoms with Gasteiger partial charge in [-0.15, -0.1) is 0 Å².